The third-order valence-corrected chi connectivity index (χ3v) is 2.18. The fourth-order valence-corrected chi connectivity index (χ4v) is 1.29. The van der Waals surface area contributed by atoms with E-state index in [0.29, 0.717) is 22.4 Å². The zero-order chi connectivity index (χ0) is 9.97. The second-order valence-electron chi connectivity index (χ2n) is 2.54. The molecule has 0 unspecified atom stereocenters. The van der Waals surface area contributed by atoms with E-state index in [-0.39, 0.29) is 0 Å². The lowest BCUT2D eigenvalue weighted by molar-refractivity contribution is 0.466. The fraction of sp³-hybridized carbons (Fsp3) is 0.125. The van der Waals surface area contributed by atoms with Crippen LogP contribution in [0.1, 0.15) is 0 Å². The molecule has 2 rings (SSSR count). The molecule has 2 heterocycles. The Morgan fingerprint density at radius 1 is 1.43 bits per heavy atom. The number of hydrogen-bond acceptors (Lipinski definition) is 6. The van der Waals surface area contributed by atoms with E-state index >= 15 is 0 Å². The van der Waals surface area contributed by atoms with Crippen molar-refractivity contribution in [3.8, 4) is 11.5 Å². The van der Waals surface area contributed by atoms with Gasteiger partial charge >= 0.3 is 0 Å². The molecule has 6 heteroatoms. The fourth-order valence-electron chi connectivity index (χ4n) is 1.00. The van der Waals surface area contributed by atoms with Gasteiger partial charge in [0.25, 0.3) is 11.1 Å². The molecule has 0 bridgehead atoms. The number of anilines is 1. The van der Waals surface area contributed by atoms with Crippen molar-refractivity contribution in [2.45, 2.75) is 5.22 Å². The third kappa shape index (κ3) is 1.56. The average molecular weight is 208 g/mol. The predicted molar refractivity (Wildman–Crippen MR) is 53.7 cm³/mol. The molecule has 0 aliphatic carbocycles. The molecular formula is C8H8N4OS. The Bertz CT molecular complexity index is 442. The summed E-state index contributed by atoms with van der Waals surface area (Å²) in [5.41, 5.74) is 6.95. The maximum Gasteiger partial charge on any atom is 0.276 e. The van der Waals surface area contributed by atoms with Crippen LogP contribution in [0.2, 0.25) is 0 Å². The molecule has 0 aliphatic rings. The van der Waals surface area contributed by atoms with E-state index in [2.05, 4.69) is 15.2 Å². The predicted octanol–water partition coefficient (Wildman–Crippen LogP) is 1.44. The Labute approximate surface area is 84.7 Å². The van der Waals surface area contributed by atoms with Gasteiger partial charge in [0.2, 0.25) is 0 Å². The van der Waals surface area contributed by atoms with Crippen molar-refractivity contribution < 1.29 is 4.42 Å². The van der Waals surface area contributed by atoms with Crippen molar-refractivity contribution in [3.05, 3.63) is 18.5 Å². The summed E-state index contributed by atoms with van der Waals surface area (Å²) in [7, 11) is 0. The van der Waals surface area contributed by atoms with Crippen LogP contribution in [0.3, 0.4) is 0 Å². The lowest BCUT2D eigenvalue weighted by Crippen LogP contribution is -1.90. The van der Waals surface area contributed by atoms with E-state index in [9.17, 15) is 0 Å². The Hall–Kier alpha value is -1.56. The number of hydrogen-bond donors (Lipinski definition) is 1. The van der Waals surface area contributed by atoms with Gasteiger partial charge in [-0.3, -0.25) is 4.98 Å². The maximum atomic E-state index is 5.71. The Morgan fingerprint density at radius 2 is 2.29 bits per heavy atom. The van der Waals surface area contributed by atoms with Crippen LogP contribution in [-0.2, 0) is 0 Å². The van der Waals surface area contributed by atoms with Crippen molar-refractivity contribution in [3.63, 3.8) is 0 Å². The standard InChI is InChI=1S/C8H8N4OS/c1-14-8-12-11-7(13-8)5-2-3-10-4-6(5)9/h2-4H,9H2,1H3. The second kappa shape index (κ2) is 3.67. The van der Waals surface area contributed by atoms with Crippen molar-refractivity contribution in [2.75, 3.05) is 12.0 Å². The highest BCUT2D eigenvalue weighted by atomic mass is 32.2. The van der Waals surface area contributed by atoms with Gasteiger partial charge in [0.15, 0.2) is 0 Å². The number of pyridine rings is 1. The van der Waals surface area contributed by atoms with Crippen LogP contribution in [0.4, 0.5) is 5.69 Å². The highest BCUT2D eigenvalue weighted by molar-refractivity contribution is 7.98. The molecule has 72 valence electrons. The zero-order valence-corrected chi connectivity index (χ0v) is 8.28. The molecule has 0 aromatic carbocycles. The van der Waals surface area contributed by atoms with E-state index in [0.717, 1.165) is 0 Å². The van der Waals surface area contributed by atoms with Gasteiger partial charge in [-0.05, 0) is 12.3 Å². The molecule has 0 saturated heterocycles. The van der Waals surface area contributed by atoms with E-state index < -0.39 is 0 Å². The topological polar surface area (TPSA) is 77.8 Å². The molecule has 2 aromatic rings. The smallest absolute Gasteiger partial charge is 0.276 e. The van der Waals surface area contributed by atoms with Gasteiger partial charge in [-0.25, -0.2) is 0 Å². The van der Waals surface area contributed by atoms with E-state index in [1.54, 1.807) is 18.5 Å². The van der Waals surface area contributed by atoms with E-state index in [1.807, 2.05) is 6.26 Å². The summed E-state index contributed by atoms with van der Waals surface area (Å²) in [4.78, 5) is 3.88. The Kier molecular flexibility index (Phi) is 2.36. The first-order valence-corrected chi connectivity index (χ1v) is 5.11. The molecule has 0 atom stereocenters. The summed E-state index contributed by atoms with van der Waals surface area (Å²) in [6.45, 7) is 0. The summed E-state index contributed by atoms with van der Waals surface area (Å²) in [5, 5.41) is 8.22. The van der Waals surface area contributed by atoms with Gasteiger partial charge < -0.3 is 10.2 Å². The molecule has 2 aromatic heterocycles. The SMILES string of the molecule is CSc1nnc(-c2ccncc2N)o1. The number of thioether (sulfide) groups is 1. The number of nitrogens with zero attached hydrogens (tertiary/aromatic N) is 3. The van der Waals surface area contributed by atoms with Crippen LogP contribution in [0.5, 0.6) is 0 Å². The minimum Gasteiger partial charge on any atom is -0.411 e. The first-order valence-electron chi connectivity index (χ1n) is 3.88. The lowest BCUT2D eigenvalue weighted by atomic mass is 10.2. The van der Waals surface area contributed by atoms with Crippen LogP contribution in [0.25, 0.3) is 11.5 Å². The van der Waals surface area contributed by atoms with Gasteiger partial charge in [0.05, 0.1) is 17.4 Å². The van der Waals surface area contributed by atoms with Crippen molar-refractivity contribution in [2.24, 2.45) is 0 Å². The quantitative estimate of drug-likeness (QED) is 0.752. The normalized spacial score (nSPS) is 10.4. The number of nitrogen functional groups attached to an aromatic ring is 1. The highest BCUT2D eigenvalue weighted by Gasteiger charge is 2.09. The van der Waals surface area contributed by atoms with Gasteiger partial charge in [0.1, 0.15) is 0 Å². The molecule has 0 aliphatic heterocycles. The summed E-state index contributed by atoms with van der Waals surface area (Å²) < 4.78 is 5.33. The maximum absolute atomic E-state index is 5.71. The Balaban J connectivity index is 2.44. The van der Waals surface area contributed by atoms with Crippen LogP contribution in [0.15, 0.2) is 28.1 Å². The van der Waals surface area contributed by atoms with Gasteiger partial charge in [0, 0.05) is 6.20 Å². The summed E-state index contributed by atoms with van der Waals surface area (Å²) in [6, 6.07) is 1.74. The van der Waals surface area contributed by atoms with Crippen LogP contribution < -0.4 is 5.73 Å². The molecule has 0 radical (unpaired) electrons. The number of nitrogens with two attached hydrogens (primary N) is 1. The first-order chi connectivity index (χ1) is 6.81. The lowest BCUT2D eigenvalue weighted by Gasteiger charge is -1.97. The van der Waals surface area contributed by atoms with Crippen molar-refractivity contribution in [1.82, 2.24) is 15.2 Å². The van der Waals surface area contributed by atoms with E-state index in [4.69, 9.17) is 10.2 Å². The molecular weight excluding hydrogens is 200 g/mol. The van der Waals surface area contributed by atoms with E-state index in [1.165, 1.54) is 11.8 Å². The van der Waals surface area contributed by atoms with Crippen LogP contribution in [-0.4, -0.2) is 21.4 Å². The van der Waals surface area contributed by atoms with Gasteiger partial charge in [-0.15, -0.1) is 10.2 Å². The molecule has 5 nitrogen and oxygen atoms in total. The molecule has 2 N–H and O–H groups in total. The monoisotopic (exact) mass is 208 g/mol. The average Bonchev–Trinajstić information content (AvgIpc) is 2.67. The zero-order valence-electron chi connectivity index (χ0n) is 7.47. The van der Waals surface area contributed by atoms with Gasteiger partial charge in [-0.1, -0.05) is 11.8 Å². The molecule has 14 heavy (non-hydrogen) atoms. The Morgan fingerprint density at radius 3 is 2.93 bits per heavy atom. The number of aromatic nitrogens is 3. The van der Waals surface area contributed by atoms with Crippen LogP contribution >= 0.6 is 11.8 Å². The molecule has 0 spiro atoms. The highest BCUT2D eigenvalue weighted by Crippen LogP contribution is 2.25. The summed E-state index contributed by atoms with van der Waals surface area (Å²) in [6.07, 6.45) is 5.06. The summed E-state index contributed by atoms with van der Waals surface area (Å²) >= 11 is 1.39. The second-order valence-corrected chi connectivity index (χ2v) is 3.30. The third-order valence-electron chi connectivity index (χ3n) is 1.66. The van der Waals surface area contributed by atoms with Crippen molar-refractivity contribution >= 4 is 17.4 Å². The number of rotatable bonds is 2. The van der Waals surface area contributed by atoms with Crippen molar-refractivity contribution in [1.29, 1.82) is 0 Å². The minimum absolute atomic E-state index is 0.425. The first kappa shape index (κ1) is 9.01. The molecule has 0 amide bonds. The largest absolute Gasteiger partial charge is 0.411 e. The molecule has 0 fully saturated rings. The van der Waals surface area contributed by atoms with Crippen LogP contribution in [0, 0.1) is 0 Å². The van der Waals surface area contributed by atoms with Gasteiger partial charge in [-0.2, -0.15) is 0 Å². The molecule has 0 saturated carbocycles. The minimum atomic E-state index is 0.425. The summed E-state index contributed by atoms with van der Waals surface area (Å²) in [5.74, 6) is 0.425.